The summed E-state index contributed by atoms with van der Waals surface area (Å²) in [7, 11) is 1.55. The summed E-state index contributed by atoms with van der Waals surface area (Å²) in [4.78, 5) is 12.3. The smallest absolute Gasteiger partial charge is 0.168 e. The van der Waals surface area contributed by atoms with Crippen molar-refractivity contribution in [3.05, 3.63) is 27.8 Å². The topological polar surface area (TPSA) is 52.3 Å². The Morgan fingerprint density at radius 3 is 2.44 bits per heavy atom. The molecule has 0 radical (unpaired) electrons. The molecule has 1 aromatic rings. The lowest BCUT2D eigenvalue weighted by Crippen LogP contribution is -2.34. The predicted octanol–water partition coefficient (Wildman–Crippen LogP) is 3.28. The minimum atomic E-state index is -0.550. The summed E-state index contributed by atoms with van der Waals surface area (Å²) in [6.07, 6.45) is 0.254. The zero-order chi connectivity index (χ0) is 14.1. The number of methoxy groups -OCH3 is 1. The van der Waals surface area contributed by atoms with Crippen LogP contribution in [0.5, 0.6) is 5.75 Å². The molecule has 0 heterocycles. The number of Topliss-reactive ketones (excluding diaryl/α,β-unsaturated/α-hetero) is 1. The first-order valence-electron chi connectivity index (χ1n) is 5.83. The fraction of sp³-hybridized carbons (Fsp3) is 0.500. The third kappa shape index (κ3) is 3.24. The van der Waals surface area contributed by atoms with Gasteiger partial charge in [-0.25, -0.2) is 0 Å². The quantitative estimate of drug-likeness (QED) is 0.854. The van der Waals surface area contributed by atoms with Crippen LogP contribution in [0.4, 0.5) is 0 Å². The lowest BCUT2D eigenvalue weighted by molar-refractivity contribution is 0.0956. The second-order valence-electron chi connectivity index (χ2n) is 5.30. The molecule has 1 aromatic carbocycles. The summed E-state index contributed by atoms with van der Waals surface area (Å²) in [5.74, 6) is 0.516. The van der Waals surface area contributed by atoms with Gasteiger partial charge in [-0.05, 0) is 44.9 Å². The van der Waals surface area contributed by atoms with Gasteiger partial charge in [0.15, 0.2) is 5.78 Å². The first-order chi connectivity index (χ1) is 8.17. The normalized spacial score (nSPS) is 11.5. The Morgan fingerprint density at radius 2 is 2.00 bits per heavy atom. The number of ether oxygens (including phenoxy) is 1. The highest BCUT2D eigenvalue weighted by molar-refractivity contribution is 6.32. The molecule has 100 valence electrons. The molecule has 0 amide bonds. The number of ketones is 1. The van der Waals surface area contributed by atoms with Gasteiger partial charge in [-0.15, -0.1) is 0 Å². The van der Waals surface area contributed by atoms with Crippen molar-refractivity contribution in [3.63, 3.8) is 0 Å². The van der Waals surface area contributed by atoms with Crippen LogP contribution in [0.2, 0.25) is 5.02 Å². The Bertz CT molecular complexity index is 476. The molecular formula is C14H20ClNO2. The van der Waals surface area contributed by atoms with Crippen LogP contribution in [0.3, 0.4) is 0 Å². The molecule has 1 rings (SSSR count). The highest BCUT2D eigenvalue weighted by Gasteiger charge is 2.23. The van der Waals surface area contributed by atoms with E-state index >= 15 is 0 Å². The third-order valence-corrected chi connectivity index (χ3v) is 3.34. The highest BCUT2D eigenvalue weighted by atomic mass is 35.5. The zero-order valence-corrected chi connectivity index (χ0v) is 12.3. The summed E-state index contributed by atoms with van der Waals surface area (Å²) >= 11 is 6.19. The zero-order valence-electron chi connectivity index (χ0n) is 11.6. The molecule has 3 nitrogen and oxygen atoms in total. The van der Waals surface area contributed by atoms with E-state index in [0.29, 0.717) is 16.3 Å². The van der Waals surface area contributed by atoms with Gasteiger partial charge in [0.25, 0.3) is 0 Å². The van der Waals surface area contributed by atoms with Crippen molar-refractivity contribution in [1.29, 1.82) is 0 Å². The van der Waals surface area contributed by atoms with Gasteiger partial charge >= 0.3 is 0 Å². The van der Waals surface area contributed by atoms with Crippen molar-refractivity contribution in [2.75, 3.05) is 7.11 Å². The Balaban J connectivity index is 3.31. The molecule has 0 aliphatic heterocycles. The summed E-state index contributed by atoms with van der Waals surface area (Å²) in [6, 6.07) is 1.78. The lowest BCUT2D eigenvalue weighted by atomic mass is 9.92. The van der Waals surface area contributed by atoms with E-state index in [0.717, 1.165) is 11.1 Å². The number of nitrogens with two attached hydrogens (primary N) is 1. The van der Waals surface area contributed by atoms with Crippen LogP contribution in [-0.2, 0) is 0 Å². The number of rotatable bonds is 4. The number of benzene rings is 1. The Hall–Kier alpha value is -1.06. The van der Waals surface area contributed by atoms with E-state index in [-0.39, 0.29) is 12.2 Å². The second-order valence-corrected chi connectivity index (χ2v) is 5.68. The van der Waals surface area contributed by atoms with Crippen LogP contribution in [0, 0.1) is 13.8 Å². The largest absolute Gasteiger partial charge is 0.496 e. The van der Waals surface area contributed by atoms with Gasteiger partial charge in [0.05, 0.1) is 12.7 Å². The summed E-state index contributed by atoms with van der Waals surface area (Å²) in [5, 5.41) is 0.606. The Labute approximate surface area is 113 Å². The number of aryl methyl sites for hydroxylation is 1. The van der Waals surface area contributed by atoms with E-state index in [1.54, 1.807) is 13.2 Å². The van der Waals surface area contributed by atoms with Crippen molar-refractivity contribution < 1.29 is 9.53 Å². The van der Waals surface area contributed by atoms with E-state index in [1.807, 2.05) is 27.7 Å². The Morgan fingerprint density at radius 1 is 1.44 bits per heavy atom. The molecular weight excluding hydrogens is 250 g/mol. The van der Waals surface area contributed by atoms with E-state index in [9.17, 15) is 4.79 Å². The highest BCUT2D eigenvalue weighted by Crippen LogP contribution is 2.33. The maximum absolute atomic E-state index is 12.3. The number of hydrogen-bond acceptors (Lipinski definition) is 3. The molecule has 0 fully saturated rings. The number of carbonyl (C=O) groups excluding carboxylic acids is 1. The minimum Gasteiger partial charge on any atom is -0.496 e. The van der Waals surface area contributed by atoms with Crippen molar-refractivity contribution in [3.8, 4) is 5.75 Å². The number of halogens is 1. The molecule has 0 unspecified atom stereocenters. The number of hydrogen-bond donors (Lipinski definition) is 1. The summed E-state index contributed by atoms with van der Waals surface area (Å²) in [5.41, 5.74) is 7.52. The minimum absolute atomic E-state index is 0.0428. The molecule has 2 N–H and O–H groups in total. The van der Waals surface area contributed by atoms with Crippen molar-refractivity contribution >= 4 is 17.4 Å². The SMILES string of the molecule is COc1cc(C)c(Cl)c(C)c1C(=O)CC(C)(C)N. The van der Waals surface area contributed by atoms with Gasteiger partial charge in [0, 0.05) is 17.0 Å². The van der Waals surface area contributed by atoms with Crippen molar-refractivity contribution in [1.82, 2.24) is 0 Å². The van der Waals surface area contributed by atoms with Crippen LogP contribution in [0.25, 0.3) is 0 Å². The van der Waals surface area contributed by atoms with E-state index in [4.69, 9.17) is 22.1 Å². The van der Waals surface area contributed by atoms with E-state index in [2.05, 4.69) is 0 Å². The van der Waals surface area contributed by atoms with Crippen molar-refractivity contribution in [2.24, 2.45) is 5.73 Å². The molecule has 0 spiro atoms. The monoisotopic (exact) mass is 269 g/mol. The lowest BCUT2D eigenvalue weighted by Gasteiger charge is -2.20. The first-order valence-corrected chi connectivity index (χ1v) is 6.21. The standard InChI is InChI=1S/C14H20ClNO2/c1-8-6-11(18-5)12(9(2)13(8)15)10(17)7-14(3,4)16/h6H,7,16H2,1-5H3. The maximum atomic E-state index is 12.3. The summed E-state index contributed by atoms with van der Waals surface area (Å²) < 4.78 is 5.28. The third-order valence-electron chi connectivity index (χ3n) is 2.76. The molecule has 0 aromatic heterocycles. The van der Waals surface area contributed by atoms with Crippen LogP contribution in [-0.4, -0.2) is 18.4 Å². The average molecular weight is 270 g/mol. The van der Waals surface area contributed by atoms with E-state index < -0.39 is 5.54 Å². The molecule has 0 bridgehead atoms. The second kappa shape index (κ2) is 5.29. The molecule has 4 heteroatoms. The Kier molecular flexibility index (Phi) is 4.41. The molecule has 18 heavy (non-hydrogen) atoms. The fourth-order valence-electron chi connectivity index (χ4n) is 1.93. The molecule has 0 saturated carbocycles. The molecule has 0 saturated heterocycles. The van der Waals surface area contributed by atoms with Crippen LogP contribution < -0.4 is 10.5 Å². The van der Waals surface area contributed by atoms with Crippen LogP contribution in [0.15, 0.2) is 6.07 Å². The summed E-state index contributed by atoms with van der Waals surface area (Å²) in [6.45, 7) is 7.36. The number of carbonyl (C=O) groups is 1. The first kappa shape index (κ1) is 15.0. The molecule has 0 atom stereocenters. The molecule has 0 aliphatic carbocycles. The maximum Gasteiger partial charge on any atom is 0.168 e. The average Bonchev–Trinajstić information content (AvgIpc) is 2.22. The van der Waals surface area contributed by atoms with Gasteiger partial charge < -0.3 is 10.5 Å². The van der Waals surface area contributed by atoms with Gasteiger partial charge in [-0.3, -0.25) is 4.79 Å². The van der Waals surface area contributed by atoms with E-state index in [1.165, 1.54) is 0 Å². The molecule has 0 aliphatic rings. The van der Waals surface area contributed by atoms with Crippen LogP contribution in [0.1, 0.15) is 41.8 Å². The van der Waals surface area contributed by atoms with Crippen molar-refractivity contribution in [2.45, 2.75) is 39.7 Å². The van der Waals surface area contributed by atoms with Gasteiger partial charge in [0.1, 0.15) is 5.75 Å². The van der Waals surface area contributed by atoms with Crippen LogP contribution >= 0.6 is 11.6 Å². The predicted molar refractivity (Wildman–Crippen MR) is 74.7 cm³/mol. The van der Waals surface area contributed by atoms with Gasteiger partial charge in [-0.1, -0.05) is 11.6 Å². The van der Waals surface area contributed by atoms with Gasteiger partial charge in [-0.2, -0.15) is 0 Å². The fourth-order valence-corrected chi connectivity index (χ4v) is 2.08. The van der Waals surface area contributed by atoms with Gasteiger partial charge in [0.2, 0.25) is 0 Å².